The number of nitrogens with one attached hydrogen (secondary N) is 1. The van der Waals surface area contributed by atoms with Crippen LogP contribution in [0.15, 0.2) is 46.9 Å². The molecule has 2 aliphatic heterocycles. The highest BCUT2D eigenvalue weighted by Gasteiger charge is 2.25. The molecule has 2 heterocycles. The minimum Gasteiger partial charge on any atom is -0.371 e. The molecule has 0 aromatic heterocycles. The van der Waals surface area contributed by atoms with Crippen molar-refractivity contribution in [3.8, 4) is 0 Å². The van der Waals surface area contributed by atoms with Gasteiger partial charge in [-0.25, -0.2) is 0 Å². The first-order valence-corrected chi connectivity index (χ1v) is 10.7. The summed E-state index contributed by atoms with van der Waals surface area (Å²) in [7, 11) is 0. The molecule has 0 saturated carbocycles. The van der Waals surface area contributed by atoms with Gasteiger partial charge in [0.05, 0.1) is 11.1 Å². The van der Waals surface area contributed by atoms with Gasteiger partial charge in [0.15, 0.2) is 0 Å². The molecule has 2 saturated heterocycles. The van der Waals surface area contributed by atoms with E-state index in [9.17, 15) is 9.59 Å². The van der Waals surface area contributed by atoms with Gasteiger partial charge < -0.3 is 15.1 Å². The van der Waals surface area contributed by atoms with E-state index < -0.39 is 0 Å². The van der Waals surface area contributed by atoms with Crippen molar-refractivity contribution in [3.05, 3.63) is 58.1 Å². The van der Waals surface area contributed by atoms with Crippen molar-refractivity contribution in [3.63, 3.8) is 0 Å². The quantitative estimate of drug-likeness (QED) is 0.757. The van der Waals surface area contributed by atoms with Crippen LogP contribution in [0.5, 0.6) is 0 Å². The summed E-state index contributed by atoms with van der Waals surface area (Å²) in [5, 5.41) is 2.94. The van der Waals surface area contributed by atoms with Crippen LogP contribution < -0.4 is 10.2 Å². The Kier molecular flexibility index (Phi) is 5.67. The maximum Gasteiger partial charge on any atom is 0.256 e. The van der Waals surface area contributed by atoms with E-state index >= 15 is 0 Å². The summed E-state index contributed by atoms with van der Waals surface area (Å²) < 4.78 is 0.745. The van der Waals surface area contributed by atoms with Crippen molar-refractivity contribution >= 4 is 39.1 Å². The number of amides is 2. The second-order valence-corrected chi connectivity index (χ2v) is 8.21. The summed E-state index contributed by atoms with van der Waals surface area (Å²) in [6, 6.07) is 13.0. The number of nitrogens with zero attached hydrogens (tertiary/aromatic N) is 2. The van der Waals surface area contributed by atoms with E-state index in [-0.39, 0.29) is 11.8 Å². The first-order chi connectivity index (χ1) is 13.6. The van der Waals surface area contributed by atoms with E-state index in [1.165, 1.54) is 0 Å². The maximum atomic E-state index is 13.2. The minimum absolute atomic E-state index is 0.0661. The Morgan fingerprint density at radius 2 is 1.54 bits per heavy atom. The van der Waals surface area contributed by atoms with Crippen molar-refractivity contribution < 1.29 is 9.59 Å². The first kappa shape index (κ1) is 19.0. The van der Waals surface area contributed by atoms with Gasteiger partial charge in [-0.2, -0.15) is 0 Å². The van der Waals surface area contributed by atoms with Crippen LogP contribution in [-0.4, -0.2) is 42.9 Å². The fraction of sp³-hybridized carbons (Fsp3) is 0.364. The monoisotopic (exact) mass is 441 g/mol. The van der Waals surface area contributed by atoms with Crippen molar-refractivity contribution in [2.45, 2.75) is 25.7 Å². The molecule has 28 heavy (non-hydrogen) atoms. The molecule has 5 nitrogen and oxygen atoms in total. The smallest absolute Gasteiger partial charge is 0.256 e. The highest BCUT2D eigenvalue weighted by atomic mass is 79.9. The Morgan fingerprint density at radius 1 is 0.857 bits per heavy atom. The van der Waals surface area contributed by atoms with Gasteiger partial charge in [0.1, 0.15) is 0 Å². The highest BCUT2D eigenvalue weighted by molar-refractivity contribution is 9.10. The predicted molar refractivity (Wildman–Crippen MR) is 115 cm³/mol. The van der Waals surface area contributed by atoms with E-state index in [2.05, 4.69) is 26.1 Å². The Bertz CT molecular complexity index is 887. The van der Waals surface area contributed by atoms with E-state index in [1.54, 1.807) is 6.07 Å². The van der Waals surface area contributed by atoms with Gasteiger partial charge in [0.25, 0.3) is 11.8 Å². The van der Waals surface area contributed by atoms with E-state index in [4.69, 9.17) is 0 Å². The lowest BCUT2D eigenvalue weighted by Crippen LogP contribution is -2.30. The minimum atomic E-state index is -0.194. The Hall–Kier alpha value is -2.34. The highest BCUT2D eigenvalue weighted by Crippen LogP contribution is 2.30. The average molecular weight is 442 g/mol. The van der Waals surface area contributed by atoms with Crippen molar-refractivity contribution in [1.82, 2.24) is 4.90 Å². The zero-order valence-corrected chi connectivity index (χ0v) is 17.4. The van der Waals surface area contributed by atoms with E-state index in [0.29, 0.717) is 16.8 Å². The molecule has 2 aromatic carbocycles. The predicted octanol–water partition coefficient (Wildman–Crippen LogP) is 4.54. The van der Waals surface area contributed by atoms with E-state index in [0.717, 1.165) is 62.0 Å². The van der Waals surface area contributed by atoms with Crippen molar-refractivity contribution in [1.29, 1.82) is 0 Å². The normalized spacial score (nSPS) is 16.5. The van der Waals surface area contributed by atoms with Gasteiger partial charge >= 0.3 is 0 Å². The topological polar surface area (TPSA) is 52.7 Å². The molecule has 2 aliphatic rings. The van der Waals surface area contributed by atoms with Gasteiger partial charge in [-0.15, -0.1) is 0 Å². The zero-order chi connectivity index (χ0) is 19.5. The number of benzene rings is 2. The van der Waals surface area contributed by atoms with E-state index in [1.807, 2.05) is 41.3 Å². The summed E-state index contributed by atoms with van der Waals surface area (Å²) in [5.74, 6) is -0.127. The SMILES string of the molecule is O=C(Nc1ccc(N2CCCC2)c(C(=O)N2CCCC2)c1)c1ccccc1Br. The summed E-state index contributed by atoms with van der Waals surface area (Å²) in [5.41, 5.74) is 2.88. The fourth-order valence-electron chi connectivity index (χ4n) is 3.95. The molecule has 0 radical (unpaired) electrons. The van der Waals surface area contributed by atoms with Gasteiger partial charge in [-0.3, -0.25) is 9.59 Å². The van der Waals surface area contributed by atoms with Crippen molar-refractivity contribution in [2.75, 3.05) is 36.4 Å². The van der Waals surface area contributed by atoms with Crippen LogP contribution in [0.4, 0.5) is 11.4 Å². The summed E-state index contributed by atoms with van der Waals surface area (Å²) in [4.78, 5) is 30.0. The molecule has 0 unspecified atom stereocenters. The molecule has 1 N–H and O–H groups in total. The van der Waals surface area contributed by atoms with Crippen LogP contribution >= 0.6 is 15.9 Å². The largest absolute Gasteiger partial charge is 0.371 e. The molecular formula is C22H24BrN3O2. The lowest BCUT2D eigenvalue weighted by Gasteiger charge is -2.24. The molecule has 0 bridgehead atoms. The summed E-state index contributed by atoms with van der Waals surface area (Å²) >= 11 is 3.42. The molecule has 2 amide bonds. The number of carbonyl (C=O) groups is 2. The number of carbonyl (C=O) groups excluding carboxylic acids is 2. The number of rotatable bonds is 4. The molecule has 2 fully saturated rings. The zero-order valence-electron chi connectivity index (χ0n) is 15.8. The molecule has 0 atom stereocenters. The maximum absolute atomic E-state index is 13.2. The molecular weight excluding hydrogens is 418 g/mol. The number of anilines is 2. The molecule has 146 valence electrons. The summed E-state index contributed by atoms with van der Waals surface area (Å²) in [6.45, 7) is 3.57. The van der Waals surface area contributed by atoms with Crippen LogP contribution in [0.2, 0.25) is 0 Å². The number of halogens is 1. The number of hydrogen-bond donors (Lipinski definition) is 1. The number of likely N-dealkylation sites (tertiary alicyclic amines) is 1. The third kappa shape index (κ3) is 3.92. The molecule has 4 rings (SSSR count). The standard InChI is InChI=1S/C22H24BrN3O2/c23-19-8-2-1-7-17(19)21(27)24-16-9-10-20(25-11-3-4-12-25)18(15-16)22(28)26-13-5-6-14-26/h1-2,7-10,15H,3-6,11-14H2,(H,24,27). The van der Waals surface area contributed by atoms with Crippen LogP contribution in [0.25, 0.3) is 0 Å². The molecule has 6 heteroatoms. The average Bonchev–Trinajstić information content (AvgIpc) is 3.42. The van der Waals surface area contributed by atoms with Gasteiger partial charge in [-0.1, -0.05) is 12.1 Å². The second-order valence-electron chi connectivity index (χ2n) is 7.36. The molecule has 2 aromatic rings. The lowest BCUT2D eigenvalue weighted by atomic mass is 10.1. The van der Waals surface area contributed by atoms with Crippen LogP contribution in [0, 0.1) is 0 Å². The van der Waals surface area contributed by atoms with Gasteiger partial charge in [0, 0.05) is 42.0 Å². The third-order valence-corrected chi connectivity index (χ3v) is 6.13. The Balaban J connectivity index is 1.63. The Morgan fingerprint density at radius 3 is 2.25 bits per heavy atom. The van der Waals surface area contributed by atoms with Gasteiger partial charge in [0.2, 0.25) is 0 Å². The fourth-order valence-corrected chi connectivity index (χ4v) is 4.42. The molecule has 0 aliphatic carbocycles. The third-order valence-electron chi connectivity index (χ3n) is 5.44. The van der Waals surface area contributed by atoms with Crippen LogP contribution in [0.3, 0.4) is 0 Å². The van der Waals surface area contributed by atoms with Crippen molar-refractivity contribution in [2.24, 2.45) is 0 Å². The second kappa shape index (κ2) is 8.35. The molecule has 0 spiro atoms. The first-order valence-electron chi connectivity index (χ1n) is 9.87. The van der Waals surface area contributed by atoms with Crippen LogP contribution in [0.1, 0.15) is 46.4 Å². The summed E-state index contributed by atoms with van der Waals surface area (Å²) in [6.07, 6.45) is 4.42. The van der Waals surface area contributed by atoms with Crippen LogP contribution in [-0.2, 0) is 0 Å². The lowest BCUT2D eigenvalue weighted by molar-refractivity contribution is 0.0793. The Labute approximate surface area is 173 Å². The van der Waals surface area contributed by atoms with Gasteiger partial charge in [-0.05, 0) is 71.9 Å². The number of hydrogen-bond acceptors (Lipinski definition) is 3.